The maximum Gasteiger partial charge on any atom is 0.246 e. The van der Waals surface area contributed by atoms with Gasteiger partial charge in [0, 0.05) is 7.05 Å². The highest BCUT2D eigenvalue weighted by Gasteiger charge is 2.31. The first-order chi connectivity index (χ1) is 11.3. The van der Waals surface area contributed by atoms with Gasteiger partial charge in [-0.25, -0.2) is 17.8 Å². The molecule has 0 radical (unpaired) electrons. The lowest BCUT2D eigenvalue weighted by atomic mass is 10.3. The van der Waals surface area contributed by atoms with E-state index in [1.165, 1.54) is 36.6 Å². The van der Waals surface area contributed by atoms with Gasteiger partial charge in [-0.05, 0) is 31.2 Å². The minimum atomic E-state index is -4.04. The van der Waals surface area contributed by atoms with E-state index in [9.17, 15) is 12.8 Å². The van der Waals surface area contributed by atoms with Gasteiger partial charge in [0.2, 0.25) is 10.0 Å². The summed E-state index contributed by atoms with van der Waals surface area (Å²) in [6.45, 7) is 1.72. The van der Waals surface area contributed by atoms with Crippen molar-refractivity contribution in [2.75, 3.05) is 7.05 Å². The number of thiazole rings is 1. The van der Waals surface area contributed by atoms with Gasteiger partial charge in [0.05, 0.1) is 21.3 Å². The Morgan fingerprint density at radius 1 is 1.21 bits per heavy atom. The van der Waals surface area contributed by atoms with Crippen LogP contribution in [0.4, 0.5) is 4.39 Å². The maximum atomic E-state index is 14.1. The molecule has 0 amide bonds. The molecule has 1 unspecified atom stereocenters. The second-order valence-electron chi connectivity index (χ2n) is 5.27. The highest BCUT2D eigenvalue weighted by molar-refractivity contribution is 7.89. The third kappa shape index (κ3) is 2.93. The highest BCUT2D eigenvalue weighted by Crippen LogP contribution is 2.33. The van der Waals surface area contributed by atoms with Gasteiger partial charge in [0.1, 0.15) is 9.90 Å². The second kappa shape index (κ2) is 6.40. The summed E-state index contributed by atoms with van der Waals surface area (Å²) in [4.78, 5) is 4.03. The van der Waals surface area contributed by atoms with Crippen LogP contribution in [0.5, 0.6) is 0 Å². The van der Waals surface area contributed by atoms with Crippen LogP contribution < -0.4 is 0 Å². The Morgan fingerprint density at radius 3 is 2.62 bits per heavy atom. The van der Waals surface area contributed by atoms with Crippen LogP contribution in [0.15, 0.2) is 47.4 Å². The molecule has 0 spiro atoms. The van der Waals surface area contributed by atoms with E-state index in [-0.39, 0.29) is 5.02 Å². The number of nitrogens with zero attached hydrogens (tertiary/aromatic N) is 2. The summed E-state index contributed by atoms with van der Waals surface area (Å²) < 4.78 is 41.7. The third-order valence-corrected chi connectivity index (χ3v) is 7.23. The summed E-state index contributed by atoms with van der Waals surface area (Å²) in [6, 6.07) is 11.0. The molecule has 24 heavy (non-hydrogen) atoms. The van der Waals surface area contributed by atoms with E-state index in [0.717, 1.165) is 14.5 Å². The molecule has 0 aliphatic heterocycles. The fraction of sp³-hybridized carbons (Fsp3) is 0.188. The van der Waals surface area contributed by atoms with Gasteiger partial charge in [-0.1, -0.05) is 29.8 Å². The number of hydrogen-bond acceptors (Lipinski definition) is 4. The summed E-state index contributed by atoms with van der Waals surface area (Å²) >= 11 is 7.12. The molecule has 0 saturated heterocycles. The van der Waals surface area contributed by atoms with Crippen molar-refractivity contribution in [1.82, 2.24) is 9.29 Å². The largest absolute Gasteiger partial charge is 0.246 e. The van der Waals surface area contributed by atoms with Gasteiger partial charge >= 0.3 is 0 Å². The summed E-state index contributed by atoms with van der Waals surface area (Å²) in [6.07, 6.45) is 0. The van der Waals surface area contributed by atoms with Gasteiger partial charge in [0.15, 0.2) is 5.82 Å². The van der Waals surface area contributed by atoms with Crippen LogP contribution >= 0.6 is 22.9 Å². The molecule has 8 heteroatoms. The molecule has 0 fully saturated rings. The quantitative estimate of drug-likeness (QED) is 0.666. The van der Waals surface area contributed by atoms with Gasteiger partial charge in [-0.3, -0.25) is 0 Å². The van der Waals surface area contributed by atoms with Crippen molar-refractivity contribution in [1.29, 1.82) is 0 Å². The third-order valence-electron chi connectivity index (χ3n) is 3.79. The number of sulfonamides is 1. The molecule has 0 aliphatic carbocycles. The Balaban J connectivity index is 2.00. The van der Waals surface area contributed by atoms with Crippen molar-refractivity contribution in [2.45, 2.75) is 17.9 Å². The van der Waals surface area contributed by atoms with Crippen LogP contribution in [0.25, 0.3) is 10.2 Å². The van der Waals surface area contributed by atoms with Gasteiger partial charge in [0.25, 0.3) is 0 Å². The fourth-order valence-electron chi connectivity index (χ4n) is 2.27. The van der Waals surface area contributed by atoms with E-state index in [0.29, 0.717) is 5.01 Å². The zero-order chi connectivity index (χ0) is 17.5. The lowest BCUT2D eigenvalue weighted by Gasteiger charge is -2.23. The number of aromatic nitrogens is 1. The Morgan fingerprint density at radius 2 is 1.92 bits per heavy atom. The number of halogens is 2. The predicted molar refractivity (Wildman–Crippen MR) is 94.4 cm³/mol. The van der Waals surface area contributed by atoms with Gasteiger partial charge < -0.3 is 0 Å². The molecule has 0 aliphatic rings. The maximum absolute atomic E-state index is 14.1. The van der Waals surface area contributed by atoms with Crippen LogP contribution in [-0.2, 0) is 10.0 Å². The van der Waals surface area contributed by atoms with Crippen LogP contribution in [0.1, 0.15) is 18.0 Å². The number of fused-ring (bicyclic) bond motifs is 1. The summed E-state index contributed by atoms with van der Waals surface area (Å²) in [7, 11) is -2.63. The normalized spacial score (nSPS) is 13.5. The predicted octanol–water partition coefficient (Wildman–Crippen LogP) is 4.47. The molecule has 0 bridgehead atoms. The average molecular weight is 385 g/mol. The minimum absolute atomic E-state index is 0.225. The summed E-state index contributed by atoms with van der Waals surface area (Å²) in [5.41, 5.74) is 0.809. The number of para-hydroxylation sites is 1. The Hall–Kier alpha value is -1.54. The smallest absolute Gasteiger partial charge is 0.239 e. The lowest BCUT2D eigenvalue weighted by molar-refractivity contribution is 0.394. The van der Waals surface area contributed by atoms with Crippen molar-refractivity contribution in [3.8, 4) is 0 Å². The van der Waals surface area contributed by atoms with Crippen molar-refractivity contribution < 1.29 is 12.8 Å². The zero-order valence-electron chi connectivity index (χ0n) is 12.9. The van der Waals surface area contributed by atoms with E-state index in [2.05, 4.69) is 4.98 Å². The lowest BCUT2D eigenvalue weighted by Crippen LogP contribution is -2.30. The molecule has 1 atom stereocenters. The summed E-state index contributed by atoms with van der Waals surface area (Å²) in [5, 5.41) is 0.418. The number of rotatable bonds is 4. The van der Waals surface area contributed by atoms with Crippen LogP contribution in [0.2, 0.25) is 5.02 Å². The first-order valence-corrected chi connectivity index (χ1v) is 9.73. The first-order valence-electron chi connectivity index (χ1n) is 7.10. The first kappa shape index (κ1) is 17.3. The SMILES string of the molecule is CC(c1nc2ccccc2s1)N(C)S(=O)(=O)c1cccc(Cl)c1F. The van der Waals surface area contributed by atoms with E-state index >= 15 is 0 Å². The van der Waals surface area contributed by atoms with Crippen molar-refractivity contribution in [3.63, 3.8) is 0 Å². The minimum Gasteiger partial charge on any atom is -0.239 e. The topological polar surface area (TPSA) is 50.3 Å². The van der Waals surface area contributed by atoms with E-state index < -0.39 is 26.8 Å². The van der Waals surface area contributed by atoms with E-state index in [1.54, 1.807) is 6.92 Å². The molecular formula is C16H14ClFN2O2S2. The average Bonchev–Trinajstić information content (AvgIpc) is 2.99. The van der Waals surface area contributed by atoms with Crippen molar-refractivity contribution >= 4 is 43.2 Å². The van der Waals surface area contributed by atoms with Crippen molar-refractivity contribution in [3.05, 3.63) is 58.3 Å². The van der Waals surface area contributed by atoms with E-state index in [1.807, 2.05) is 24.3 Å². The summed E-state index contributed by atoms with van der Waals surface area (Å²) in [5.74, 6) is -0.942. The molecule has 2 aromatic carbocycles. The highest BCUT2D eigenvalue weighted by atomic mass is 35.5. The molecule has 1 aromatic heterocycles. The van der Waals surface area contributed by atoms with Crippen LogP contribution in [0.3, 0.4) is 0 Å². The molecule has 1 heterocycles. The standard InChI is InChI=1S/C16H14ClFN2O2S2/c1-10(16-19-12-7-3-4-8-13(12)23-16)20(2)24(21,22)14-9-5-6-11(17)15(14)18/h3-10H,1-2H3. The molecule has 3 rings (SSSR count). The Bertz CT molecular complexity index is 971. The molecule has 126 valence electrons. The Labute approximate surface area is 148 Å². The number of benzene rings is 2. The van der Waals surface area contributed by atoms with Gasteiger partial charge in [-0.2, -0.15) is 4.31 Å². The molecular weight excluding hydrogens is 371 g/mol. The Kier molecular flexibility index (Phi) is 4.61. The van der Waals surface area contributed by atoms with Crippen LogP contribution in [-0.4, -0.2) is 24.8 Å². The molecule has 4 nitrogen and oxygen atoms in total. The number of hydrogen-bond donors (Lipinski definition) is 0. The van der Waals surface area contributed by atoms with E-state index in [4.69, 9.17) is 11.6 Å². The van der Waals surface area contributed by atoms with Gasteiger partial charge in [-0.15, -0.1) is 11.3 Å². The second-order valence-corrected chi connectivity index (χ2v) is 8.70. The molecule has 0 saturated carbocycles. The monoisotopic (exact) mass is 384 g/mol. The van der Waals surface area contributed by atoms with Crippen molar-refractivity contribution in [2.24, 2.45) is 0 Å². The van der Waals surface area contributed by atoms with Crippen LogP contribution in [0, 0.1) is 5.82 Å². The molecule has 0 N–H and O–H groups in total. The zero-order valence-corrected chi connectivity index (χ0v) is 15.3. The molecule has 3 aromatic rings. The fourth-order valence-corrected chi connectivity index (χ4v) is 5.04.